The number of aliphatic hydroxyl groups is 2. The monoisotopic (exact) mass is 760 g/mol. The predicted molar refractivity (Wildman–Crippen MR) is 198 cm³/mol. The van der Waals surface area contributed by atoms with Crippen molar-refractivity contribution in [2.45, 2.75) is 127 Å². The van der Waals surface area contributed by atoms with E-state index in [0.29, 0.717) is 23.2 Å². The Morgan fingerprint density at radius 3 is 2.43 bits per heavy atom. The quantitative estimate of drug-likeness (QED) is 0.0447. The molecule has 1 aliphatic rings. The van der Waals surface area contributed by atoms with Gasteiger partial charge in [0.15, 0.2) is 11.4 Å². The summed E-state index contributed by atoms with van der Waals surface area (Å²) in [4.78, 5) is 18.6. The molecule has 14 nitrogen and oxygen atoms in total. The summed E-state index contributed by atoms with van der Waals surface area (Å²) in [5, 5.41) is 35.6. The molecule has 1 aliphatic heterocycles. The molecule has 0 bridgehead atoms. The summed E-state index contributed by atoms with van der Waals surface area (Å²) < 4.78 is 51.5. The second kappa shape index (κ2) is 21.0. The van der Waals surface area contributed by atoms with Gasteiger partial charge in [0.2, 0.25) is 0 Å². The van der Waals surface area contributed by atoms with Crippen LogP contribution >= 0.6 is 7.82 Å². The summed E-state index contributed by atoms with van der Waals surface area (Å²) >= 11 is 0. The van der Waals surface area contributed by atoms with E-state index in [0.717, 1.165) is 31.7 Å². The van der Waals surface area contributed by atoms with Gasteiger partial charge in [-0.1, -0.05) is 84.0 Å². The van der Waals surface area contributed by atoms with Crippen molar-refractivity contribution in [3.05, 3.63) is 59.3 Å². The second-order valence-electron chi connectivity index (χ2n) is 13.6. The molecule has 1 saturated heterocycles. The molecule has 1 fully saturated rings. The molecular formula is C37H54FN6O8P. The van der Waals surface area contributed by atoms with Crippen LogP contribution in [0, 0.1) is 17.1 Å². The van der Waals surface area contributed by atoms with Gasteiger partial charge in [-0.15, -0.1) is 0 Å². The van der Waals surface area contributed by atoms with Crippen LogP contribution in [0.2, 0.25) is 0 Å². The fourth-order valence-electron chi connectivity index (χ4n) is 6.57. The molecule has 4 rings (SSSR count). The third-order valence-corrected chi connectivity index (χ3v) is 10.4. The standard InChI is InChI=1S/C37H54FN6O8P/c1-3-4-5-6-7-8-9-10-11-12-13-14-15-30(49-22-28-18-27(21-39)19-29(38)20-28)23-50-53(47,48)51-25-37(24-41-2)35(46)33(45)34(52-37)31-16-17-32-36(40)42-26-43-44(31)32/h16-20,24,26,30,33-35,45-46H,3-15,22-23,25H2,1-2H3,(H,47,48)(H2,40,42,43)/b41-24-/t30-,33-,34-,35-,37+/m0/s1. The van der Waals surface area contributed by atoms with Crippen LogP contribution in [0.25, 0.3) is 5.52 Å². The van der Waals surface area contributed by atoms with Crippen molar-refractivity contribution in [2.75, 3.05) is 26.0 Å². The zero-order valence-corrected chi connectivity index (χ0v) is 31.6. The zero-order chi connectivity index (χ0) is 38.3. The number of nitrogens with zero attached hydrogens (tertiary/aromatic N) is 5. The number of anilines is 1. The van der Waals surface area contributed by atoms with Crippen molar-refractivity contribution in [1.29, 1.82) is 5.26 Å². The molecule has 1 aromatic carbocycles. The van der Waals surface area contributed by atoms with Crippen molar-refractivity contribution >= 4 is 25.4 Å². The van der Waals surface area contributed by atoms with Gasteiger partial charge in [0, 0.05) is 13.3 Å². The second-order valence-corrected chi connectivity index (χ2v) is 15.1. The summed E-state index contributed by atoms with van der Waals surface area (Å²) in [6, 6.07) is 9.09. The van der Waals surface area contributed by atoms with E-state index in [-0.39, 0.29) is 24.6 Å². The summed E-state index contributed by atoms with van der Waals surface area (Å²) in [6.45, 7) is 1.15. The molecule has 6 atom stereocenters. The molecule has 0 saturated carbocycles. The number of unbranched alkanes of at least 4 members (excludes halogenated alkanes) is 11. The first kappa shape index (κ1) is 42.4. The topological polar surface area (TPSA) is 207 Å². The number of ether oxygens (including phenoxy) is 2. The minimum atomic E-state index is -4.78. The lowest BCUT2D eigenvalue weighted by atomic mass is 9.96. The number of halogens is 1. The van der Waals surface area contributed by atoms with Crippen LogP contribution in [-0.2, 0) is 29.7 Å². The maximum atomic E-state index is 14.1. The number of aromatic nitrogens is 3. The summed E-state index contributed by atoms with van der Waals surface area (Å²) in [6.07, 6.45) is 12.1. The molecule has 2 aromatic heterocycles. The highest BCUT2D eigenvalue weighted by molar-refractivity contribution is 7.47. The number of rotatable bonds is 24. The molecule has 292 valence electrons. The van der Waals surface area contributed by atoms with E-state index in [9.17, 15) is 29.3 Å². The number of hydrogen-bond acceptors (Lipinski definition) is 12. The van der Waals surface area contributed by atoms with Crippen molar-refractivity contribution in [3.63, 3.8) is 0 Å². The first-order valence-corrected chi connectivity index (χ1v) is 20.0. The van der Waals surface area contributed by atoms with Crippen LogP contribution in [0.4, 0.5) is 10.2 Å². The number of nitrogens with two attached hydrogens (primary N) is 1. The molecular weight excluding hydrogens is 706 g/mol. The molecule has 3 aromatic rings. The highest BCUT2D eigenvalue weighted by atomic mass is 31.2. The van der Waals surface area contributed by atoms with Crippen LogP contribution < -0.4 is 5.73 Å². The van der Waals surface area contributed by atoms with Gasteiger partial charge in [0.05, 0.1) is 43.3 Å². The lowest BCUT2D eigenvalue weighted by Crippen LogP contribution is -2.48. The van der Waals surface area contributed by atoms with Crippen LogP contribution in [0.5, 0.6) is 0 Å². The Bertz CT molecular complexity index is 1710. The van der Waals surface area contributed by atoms with Gasteiger partial charge in [-0.05, 0) is 42.3 Å². The molecule has 0 spiro atoms. The number of hydrogen-bond donors (Lipinski definition) is 4. The molecule has 0 aliphatic carbocycles. The Kier molecular flexibility index (Phi) is 16.8. The number of aliphatic imine (C=N–C) groups is 1. The van der Waals surface area contributed by atoms with Crippen LogP contribution in [-0.4, -0.2) is 80.1 Å². The van der Waals surface area contributed by atoms with Gasteiger partial charge in [-0.3, -0.25) is 14.0 Å². The number of fused-ring (bicyclic) bond motifs is 1. The molecule has 1 unspecified atom stereocenters. The molecule has 16 heteroatoms. The highest BCUT2D eigenvalue weighted by Crippen LogP contribution is 2.47. The third-order valence-electron chi connectivity index (χ3n) is 9.46. The van der Waals surface area contributed by atoms with Crippen LogP contribution in [0.15, 0.2) is 41.7 Å². The van der Waals surface area contributed by atoms with Crippen LogP contribution in [0.3, 0.4) is 0 Å². The molecule has 3 heterocycles. The first-order valence-electron chi connectivity index (χ1n) is 18.5. The van der Waals surface area contributed by atoms with E-state index >= 15 is 0 Å². The summed E-state index contributed by atoms with van der Waals surface area (Å²) in [7, 11) is -3.36. The Labute approximate surface area is 310 Å². The molecule has 53 heavy (non-hydrogen) atoms. The minimum absolute atomic E-state index is 0.0459. The van der Waals surface area contributed by atoms with Gasteiger partial charge in [0.1, 0.15) is 36.0 Å². The fourth-order valence-corrected chi connectivity index (χ4v) is 7.37. The number of phosphoric ester groups is 1. The van der Waals surface area contributed by atoms with Gasteiger partial charge in [0.25, 0.3) is 0 Å². The van der Waals surface area contributed by atoms with Gasteiger partial charge < -0.3 is 30.3 Å². The molecule has 0 radical (unpaired) electrons. The van der Waals surface area contributed by atoms with Gasteiger partial charge >= 0.3 is 7.82 Å². The van der Waals surface area contributed by atoms with Gasteiger partial charge in [-0.25, -0.2) is 18.5 Å². The third kappa shape index (κ3) is 12.3. The first-order chi connectivity index (χ1) is 25.5. The largest absolute Gasteiger partial charge is 0.472 e. The number of aliphatic hydroxyl groups excluding tert-OH is 2. The normalized spacial score (nSPS) is 22.0. The van der Waals surface area contributed by atoms with Crippen molar-refractivity contribution in [2.24, 2.45) is 4.99 Å². The van der Waals surface area contributed by atoms with Crippen molar-refractivity contribution in [1.82, 2.24) is 14.6 Å². The average molecular weight is 761 g/mol. The Morgan fingerprint density at radius 2 is 1.77 bits per heavy atom. The van der Waals surface area contributed by atoms with Crippen molar-refractivity contribution < 1.29 is 42.6 Å². The van der Waals surface area contributed by atoms with E-state index in [4.69, 9.17) is 24.3 Å². The average Bonchev–Trinajstić information content (AvgIpc) is 3.68. The predicted octanol–water partition coefficient (Wildman–Crippen LogP) is 6.36. The van der Waals surface area contributed by atoms with E-state index in [1.165, 1.54) is 87.6 Å². The lowest BCUT2D eigenvalue weighted by molar-refractivity contribution is -0.0655. The maximum absolute atomic E-state index is 14.1. The Hall–Kier alpha value is -3.32. The highest BCUT2D eigenvalue weighted by Gasteiger charge is 2.55. The Morgan fingerprint density at radius 1 is 1.09 bits per heavy atom. The lowest BCUT2D eigenvalue weighted by Gasteiger charge is -2.28. The van der Waals surface area contributed by atoms with E-state index in [1.807, 2.05) is 6.07 Å². The molecule has 5 N–H and O–H groups in total. The fraction of sp³-hybridized carbons (Fsp3) is 0.622. The minimum Gasteiger partial charge on any atom is -0.387 e. The molecule has 0 amide bonds. The van der Waals surface area contributed by atoms with E-state index in [2.05, 4.69) is 22.0 Å². The number of nitriles is 1. The van der Waals surface area contributed by atoms with E-state index in [1.54, 1.807) is 12.1 Å². The number of nitrogen functional groups attached to an aromatic ring is 1. The summed E-state index contributed by atoms with van der Waals surface area (Å²) in [5.74, 6) is -0.369. The van der Waals surface area contributed by atoms with E-state index < -0.39 is 50.3 Å². The Balaban J connectivity index is 1.33. The number of phosphoric acid groups is 1. The smallest absolute Gasteiger partial charge is 0.387 e. The van der Waals surface area contributed by atoms with Gasteiger partial charge in [-0.2, -0.15) is 10.4 Å². The zero-order valence-electron chi connectivity index (χ0n) is 30.7. The summed E-state index contributed by atoms with van der Waals surface area (Å²) in [5.41, 5.74) is 5.52. The maximum Gasteiger partial charge on any atom is 0.472 e. The SMILES string of the molecule is CCCCCCCCCCCCCC[C@@H](COP(=O)(O)OC[C@@]1(/C=N\C)O[C@@H](c2ccc3c(N)ncnn23)[C@H](O)[C@@H]1O)OCc1cc(F)cc(C#N)c1. The van der Waals surface area contributed by atoms with Crippen LogP contribution in [0.1, 0.15) is 113 Å². The number of benzene rings is 1. The van der Waals surface area contributed by atoms with Crippen molar-refractivity contribution in [3.8, 4) is 6.07 Å².